The molecular weight excluding hydrogens is 517 g/mol. The highest BCUT2D eigenvalue weighted by Crippen LogP contribution is 2.35. The first kappa shape index (κ1) is 28.3. The fourth-order valence-electron chi connectivity index (χ4n) is 5.82. The van der Waals surface area contributed by atoms with E-state index in [9.17, 15) is 0 Å². The van der Waals surface area contributed by atoms with E-state index < -0.39 is 26.8 Å². The minimum atomic E-state index is -3.06. The zero-order valence-electron chi connectivity index (χ0n) is 23.0. The van der Waals surface area contributed by atoms with E-state index in [1.165, 1.54) is 20.7 Å². The predicted octanol–water partition coefficient (Wildman–Crippen LogP) is 5.29. The molecular formula is C33H38O2SSi2-2. The van der Waals surface area contributed by atoms with Crippen molar-refractivity contribution in [1.29, 1.82) is 0 Å². The normalized spacial score (nSPS) is 13.1. The number of methoxy groups -OCH3 is 1. The van der Waals surface area contributed by atoms with E-state index >= 15 is 0 Å². The third kappa shape index (κ3) is 4.90. The molecule has 5 heteroatoms. The van der Waals surface area contributed by atoms with Gasteiger partial charge >= 0.3 is 0 Å². The van der Waals surface area contributed by atoms with Gasteiger partial charge in [0.1, 0.15) is 0 Å². The van der Waals surface area contributed by atoms with Gasteiger partial charge in [-0.25, -0.2) is 5.70 Å². The molecule has 0 atom stereocenters. The summed E-state index contributed by atoms with van der Waals surface area (Å²) in [6, 6.07) is 43.0. The van der Waals surface area contributed by atoms with E-state index in [2.05, 4.69) is 167 Å². The molecule has 0 spiro atoms. The van der Waals surface area contributed by atoms with Crippen molar-refractivity contribution in [3.63, 3.8) is 0 Å². The van der Waals surface area contributed by atoms with Gasteiger partial charge in [-0.15, -0.1) is 0 Å². The number of rotatable bonds is 10. The van der Waals surface area contributed by atoms with Gasteiger partial charge in [0.15, 0.2) is 0 Å². The maximum atomic E-state index is 7.87. The lowest BCUT2D eigenvalue weighted by molar-refractivity contribution is 0.0525. The molecule has 0 bridgehead atoms. The van der Waals surface area contributed by atoms with Crippen molar-refractivity contribution in [3.05, 3.63) is 132 Å². The average Bonchev–Trinajstić information content (AvgIpc) is 2.96. The van der Waals surface area contributed by atoms with Gasteiger partial charge in [0.05, 0.1) is 8.32 Å². The van der Waals surface area contributed by atoms with E-state index in [0.29, 0.717) is 0 Å². The molecule has 0 aliphatic heterocycles. The van der Waals surface area contributed by atoms with Crippen LogP contribution in [0, 0.1) is 0 Å². The highest BCUT2D eigenvalue weighted by molar-refractivity contribution is 7.83. The Bertz CT molecular complexity index is 1250. The van der Waals surface area contributed by atoms with Crippen molar-refractivity contribution >= 4 is 49.8 Å². The highest BCUT2D eigenvalue weighted by atomic mass is 32.1. The van der Waals surface area contributed by atoms with E-state index in [-0.39, 0.29) is 0 Å². The van der Waals surface area contributed by atoms with Crippen molar-refractivity contribution < 1.29 is 9.16 Å². The molecule has 0 aliphatic carbocycles. The predicted molar refractivity (Wildman–Crippen MR) is 170 cm³/mol. The van der Waals surface area contributed by atoms with Crippen molar-refractivity contribution in [2.75, 3.05) is 7.11 Å². The van der Waals surface area contributed by atoms with Crippen molar-refractivity contribution in [2.24, 2.45) is 0 Å². The average molecular weight is 555 g/mol. The van der Waals surface area contributed by atoms with Gasteiger partial charge < -0.3 is 9.16 Å². The lowest BCUT2D eigenvalue weighted by atomic mass is 10.4. The second-order valence-electron chi connectivity index (χ2n) is 10.6. The molecule has 0 radical (unpaired) electrons. The zero-order valence-corrected chi connectivity index (χ0v) is 25.9. The molecule has 38 heavy (non-hydrogen) atoms. The summed E-state index contributed by atoms with van der Waals surface area (Å²) < 4.78 is 14.2. The minimum Gasteiger partial charge on any atom is -0.576 e. The van der Waals surface area contributed by atoms with Crippen LogP contribution < -0.4 is 20.7 Å². The Kier molecular flexibility index (Phi) is 8.65. The fraction of sp³-hybridized carbons (Fsp3) is 0.212. The first-order valence-electron chi connectivity index (χ1n) is 13.0. The van der Waals surface area contributed by atoms with Gasteiger partial charge in [0.25, 0.3) is 0 Å². The number of hydrogen-bond acceptors (Lipinski definition) is 3. The smallest absolute Gasteiger partial charge is 0.0752 e. The van der Waals surface area contributed by atoms with Gasteiger partial charge in [0, 0.05) is 7.11 Å². The molecule has 0 saturated heterocycles. The maximum absolute atomic E-state index is 7.87. The summed E-state index contributed by atoms with van der Waals surface area (Å²) in [5.74, 6) is 0. The quantitative estimate of drug-likeness (QED) is 0.212. The summed E-state index contributed by atoms with van der Waals surface area (Å²) >= 11 is 4.66. The summed E-state index contributed by atoms with van der Waals surface area (Å²) in [6.07, 6.45) is 0. The number of hydrogen-bond donors (Lipinski definition) is 1. The summed E-state index contributed by atoms with van der Waals surface area (Å²) in [4.78, 5) is 0. The molecule has 0 aromatic heterocycles. The molecule has 0 amide bonds. The van der Waals surface area contributed by atoms with E-state index in [1.807, 2.05) is 5.41 Å². The van der Waals surface area contributed by atoms with Gasteiger partial charge in [-0.3, -0.25) is 0 Å². The highest BCUT2D eigenvalue weighted by Gasteiger charge is 2.46. The molecule has 4 aromatic rings. The van der Waals surface area contributed by atoms with Crippen molar-refractivity contribution in [1.82, 2.24) is 0 Å². The number of ether oxygens (including phenoxy) is 1. The molecule has 2 nitrogen and oxygen atoms in total. The third-order valence-corrected chi connectivity index (χ3v) is 18.7. The number of benzene rings is 4. The zero-order chi connectivity index (χ0) is 27.3. The van der Waals surface area contributed by atoms with Crippen LogP contribution in [0.25, 0.3) is 0 Å². The molecule has 198 valence electrons. The van der Waals surface area contributed by atoms with Crippen LogP contribution in [0.1, 0.15) is 27.7 Å². The first-order valence-corrected chi connectivity index (χ1v) is 17.5. The maximum Gasteiger partial charge on any atom is 0.0752 e. The van der Waals surface area contributed by atoms with Crippen molar-refractivity contribution in [2.45, 2.75) is 38.1 Å². The van der Waals surface area contributed by atoms with Gasteiger partial charge in [0.2, 0.25) is 0 Å². The Hall–Kier alpha value is -2.68. The lowest BCUT2D eigenvalue weighted by Gasteiger charge is -2.67. The Morgan fingerprint density at radius 1 is 0.553 bits per heavy atom. The van der Waals surface area contributed by atoms with Crippen LogP contribution in [-0.2, 0) is 9.16 Å². The molecule has 0 unspecified atom stereocenters. The summed E-state index contributed by atoms with van der Waals surface area (Å²) in [7, 11) is -4.00. The Morgan fingerprint density at radius 2 is 0.895 bits per heavy atom. The second-order valence-corrected chi connectivity index (χ2v) is 19.1. The van der Waals surface area contributed by atoms with Crippen LogP contribution in [-0.4, -0.2) is 33.9 Å². The molecule has 0 fully saturated rings. The Labute approximate surface area is 235 Å². The van der Waals surface area contributed by atoms with Crippen LogP contribution in [0.4, 0.5) is 0 Å². The summed E-state index contributed by atoms with van der Waals surface area (Å²) in [6.45, 7) is 8.90. The third-order valence-electron chi connectivity index (χ3n) is 7.86. The van der Waals surface area contributed by atoms with Crippen LogP contribution in [0.15, 0.2) is 132 Å². The van der Waals surface area contributed by atoms with Crippen molar-refractivity contribution in [3.8, 4) is 0 Å². The van der Waals surface area contributed by atoms with Crippen LogP contribution in [0.2, 0.25) is 0 Å². The molecule has 4 rings (SSSR count). The van der Waals surface area contributed by atoms with E-state index in [1.54, 1.807) is 7.11 Å². The lowest BCUT2D eigenvalue weighted by Crippen LogP contribution is -2.81. The molecule has 0 aliphatic rings. The standard InChI is InChI=1S/C33H38O2SSi2/c1-32(2,34-5)38(30-22-14-8-15-23-30,31-24-16-9-17-25-31)35-33(3,4)37(27-26-36,28-18-10-6-11-19-28)29-20-12-7-13-21-29/h6-27,36H,1-5H3/q-2. The Morgan fingerprint density at radius 3 is 1.21 bits per heavy atom. The molecule has 0 N–H and O–H groups in total. The molecule has 0 saturated carbocycles. The SMILES string of the molecule is COC(C)(C)[Si-](OC(C)(C)[Si-](C=CS)(c1ccccc1)c1ccccc1)(c1ccccc1)c1ccccc1. The largest absolute Gasteiger partial charge is 0.576 e. The van der Waals surface area contributed by atoms with Crippen LogP contribution >= 0.6 is 12.6 Å². The summed E-state index contributed by atoms with van der Waals surface area (Å²) in [5.41, 5.74) is 2.32. The Balaban J connectivity index is 2.08. The van der Waals surface area contributed by atoms with Gasteiger partial charge in [-0.1, -0.05) is 160 Å². The second kappa shape index (κ2) is 11.6. The van der Waals surface area contributed by atoms with Gasteiger partial charge in [-0.2, -0.15) is 33.4 Å². The molecule has 0 heterocycles. The van der Waals surface area contributed by atoms with Crippen LogP contribution in [0.3, 0.4) is 0 Å². The fourth-order valence-corrected chi connectivity index (χ4v) is 16.4. The summed E-state index contributed by atoms with van der Waals surface area (Å²) in [5, 5.41) is 5.66. The van der Waals surface area contributed by atoms with E-state index in [4.69, 9.17) is 9.16 Å². The topological polar surface area (TPSA) is 18.5 Å². The van der Waals surface area contributed by atoms with E-state index in [0.717, 1.165) is 0 Å². The minimum absolute atomic E-state index is 0.578. The van der Waals surface area contributed by atoms with Crippen LogP contribution in [0.5, 0.6) is 0 Å². The monoisotopic (exact) mass is 554 g/mol. The molecule has 4 aromatic carbocycles. The number of thiol groups is 1. The first-order chi connectivity index (χ1) is 18.2. The van der Waals surface area contributed by atoms with Gasteiger partial charge in [-0.05, 0) is 13.3 Å².